The number of thioether (sulfide) groups is 1. The molecule has 1 aromatic carbocycles. The van der Waals surface area contributed by atoms with Crippen molar-refractivity contribution in [3.8, 4) is 17.1 Å². The number of furan rings is 1. The second kappa shape index (κ2) is 8.41. The van der Waals surface area contributed by atoms with Crippen LogP contribution < -0.4 is 5.32 Å². The zero-order chi connectivity index (χ0) is 21.3. The lowest BCUT2D eigenvalue weighted by molar-refractivity contribution is -0.113. The minimum atomic E-state index is -0.173. The van der Waals surface area contributed by atoms with Crippen molar-refractivity contribution in [2.45, 2.75) is 32.9 Å². The normalized spacial score (nSPS) is 11.1. The van der Waals surface area contributed by atoms with Crippen LogP contribution in [0.5, 0.6) is 0 Å². The number of nitrogens with one attached hydrogen (secondary N) is 1. The Morgan fingerprint density at radius 3 is 2.67 bits per heavy atom. The Morgan fingerprint density at radius 2 is 1.97 bits per heavy atom. The highest BCUT2D eigenvalue weighted by atomic mass is 32.2. The van der Waals surface area contributed by atoms with Gasteiger partial charge in [0.1, 0.15) is 10.8 Å². The Balaban J connectivity index is 1.66. The third-order valence-corrected chi connectivity index (χ3v) is 6.34. The van der Waals surface area contributed by atoms with Crippen molar-refractivity contribution < 1.29 is 9.21 Å². The fraction of sp³-hybridized carbons (Fsp3) is 0.250. The van der Waals surface area contributed by atoms with Gasteiger partial charge in [0.15, 0.2) is 11.0 Å². The molecular formula is C20H20N6O2S2. The van der Waals surface area contributed by atoms with E-state index in [2.05, 4.69) is 45.6 Å². The summed E-state index contributed by atoms with van der Waals surface area (Å²) in [7, 11) is 0. The fourth-order valence-corrected chi connectivity index (χ4v) is 4.34. The molecule has 1 N–H and O–H groups in total. The molecule has 0 unspecified atom stereocenters. The lowest BCUT2D eigenvalue weighted by Gasteiger charge is -2.14. The molecule has 3 heterocycles. The molecule has 154 valence electrons. The molecule has 0 radical (unpaired) electrons. The maximum Gasteiger partial charge on any atom is 0.236 e. The van der Waals surface area contributed by atoms with E-state index in [1.165, 1.54) is 23.1 Å². The standard InChI is InChI=1S/C20H20N6O2S2/c1-11-6-5-7-16(12(11)2)26-18(15-8-9-28-13(15)3)23-25-20(26)29-10-17(27)21-19-24-22-14(4)30-19/h5-9H,10H2,1-4H3,(H,21,24,27). The van der Waals surface area contributed by atoms with Crippen molar-refractivity contribution in [3.63, 3.8) is 0 Å². The summed E-state index contributed by atoms with van der Waals surface area (Å²) in [6.07, 6.45) is 1.64. The maximum absolute atomic E-state index is 12.4. The van der Waals surface area contributed by atoms with Gasteiger partial charge in [-0.3, -0.25) is 14.7 Å². The topological polar surface area (TPSA) is 98.7 Å². The van der Waals surface area contributed by atoms with Gasteiger partial charge in [-0.1, -0.05) is 35.2 Å². The zero-order valence-corrected chi connectivity index (χ0v) is 18.6. The molecule has 0 bridgehead atoms. The van der Waals surface area contributed by atoms with Crippen molar-refractivity contribution in [2.24, 2.45) is 0 Å². The summed E-state index contributed by atoms with van der Waals surface area (Å²) in [6, 6.07) is 7.97. The van der Waals surface area contributed by atoms with Crippen LogP contribution in [0.15, 0.2) is 40.1 Å². The van der Waals surface area contributed by atoms with Gasteiger partial charge in [-0.25, -0.2) is 0 Å². The van der Waals surface area contributed by atoms with Gasteiger partial charge in [0.2, 0.25) is 11.0 Å². The van der Waals surface area contributed by atoms with Crippen LogP contribution in [0.4, 0.5) is 5.13 Å². The number of hydrogen-bond donors (Lipinski definition) is 1. The summed E-state index contributed by atoms with van der Waals surface area (Å²) in [5, 5.41) is 21.3. The summed E-state index contributed by atoms with van der Waals surface area (Å²) in [6.45, 7) is 7.86. The quantitative estimate of drug-likeness (QED) is 0.445. The van der Waals surface area contributed by atoms with E-state index in [1.807, 2.05) is 36.6 Å². The fourth-order valence-electron chi connectivity index (χ4n) is 2.98. The van der Waals surface area contributed by atoms with Crippen LogP contribution >= 0.6 is 23.1 Å². The second-order valence-corrected chi connectivity index (χ2v) is 8.84. The number of carbonyl (C=O) groups is 1. The Hall–Kier alpha value is -2.98. The third-order valence-electron chi connectivity index (χ3n) is 4.65. The summed E-state index contributed by atoms with van der Waals surface area (Å²) in [5.41, 5.74) is 4.12. The Bertz CT molecular complexity index is 1210. The molecule has 0 fully saturated rings. The summed E-state index contributed by atoms with van der Waals surface area (Å²) in [4.78, 5) is 12.4. The number of rotatable bonds is 6. The largest absolute Gasteiger partial charge is 0.469 e. The smallest absolute Gasteiger partial charge is 0.236 e. The molecule has 0 atom stereocenters. The van der Waals surface area contributed by atoms with Gasteiger partial charge >= 0.3 is 0 Å². The minimum absolute atomic E-state index is 0.173. The molecule has 0 saturated carbocycles. The molecule has 1 amide bonds. The van der Waals surface area contributed by atoms with E-state index in [1.54, 1.807) is 6.26 Å². The van der Waals surface area contributed by atoms with E-state index in [0.717, 1.165) is 33.1 Å². The third kappa shape index (κ3) is 4.01. The van der Waals surface area contributed by atoms with Gasteiger partial charge in [0, 0.05) is 0 Å². The summed E-state index contributed by atoms with van der Waals surface area (Å²) in [5.74, 6) is 1.44. The molecule has 4 rings (SSSR count). The second-order valence-electron chi connectivity index (χ2n) is 6.71. The Kier molecular flexibility index (Phi) is 5.69. The lowest BCUT2D eigenvalue weighted by Crippen LogP contribution is -2.14. The van der Waals surface area contributed by atoms with Crippen LogP contribution in [0.2, 0.25) is 0 Å². The summed E-state index contributed by atoms with van der Waals surface area (Å²) < 4.78 is 7.46. The molecule has 0 aliphatic rings. The highest BCUT2D eigenvalue weighted by Crippen LogP contribution is 2.32. The monoisotopic (exact) mass is 440 g/mol. The zero-order valence-electron chi connectivity index (χ0n) is 17.0. The van der Waals surface area contributed by atoms with Crippen molar-refractivity contribution in [1.29, 1.82) is 0 Å². The molecule has 3 aromatic heterocycles. The van der Waals surface area contributed by atoms with Crippen LogP contribution in [0.1, 0.15) is 21.9 Å². The number of aryl methyl sites for hydroxylation is 3. The highest BCUT2D eigenvalue weighted by Gasteiger charge is 2.21. The van der Waals surface area contributed by atoms with E-state index in [0.29, 0.717) is 16.1 Å². The molecular weight excluding hydrogens is 420 g/mol. The van der Waals surface area contributed by atoms with Gasteiger partial charge < -0.3 is 4.42 Å². The first kappa shape index (κ1) is 20.3. The minimum Gasteiger partial charge on any atom is -0.469 e. The molecule has 0 spiro atoms. The molecule has 0 saturated heterocycles. The van der Waals surface area contributed by atoms with Crippen molar-refractivity contribution in [2.75, 3.05) is 11.1 Å². The number of carbonyl (C=O) groups excluding carboxylic acids is 1. The predicted octanol–water partition coefficient (Wildman–Crippen LogP) is 4.34. The van der Waals surface area contributed by atoms with E-state index in [-0.39, 0.29) is 11.7 Å². The van der Waals surface area contributed by atoms with E-state index in [4.69, 9.17) is 4.42 Å². The predicted molar refractivity (Wildman–Crippen MR) is 117 cm³/mol. The maximum atomic E-state index is 12.4. The van der Waals surface area contributed by atoms with Gasteiger partial charge in [-0.15, -0.1) is 20.4 Å². The average Bonchev–Trinajstić information content (AvgIpc) is 3.42. The van der Waals surface area contributed by atoms with E-state index < -0.39 is 0 Å². The van der Waals surface area contributed by atoms with Gasteiger partial charge in [0.05, 0.1) is 23.3 Å². The van der Waals surface area contributed by atoms with E-state index in [9.17, 15) is 4.79 Å². The molecule has 0 aliphatic heterocycles. The Labute approximate surface area is 181 Å². The SMILES string of the molecule is Cc1nnc(NC(=O)CSc2nnc(-c3ccoc3C)n2-c2cccc(C)c2C)s1. The van der Waals surface area contributed by atoms with Gasteiger partial charge in [0.25, 0.3) is 0 Å². The van der Waals surface area contributed by atoms with Crippen molar-refractivity contribution >= 4 is 34.1 Å². The average molecular weight is 441 g/mol. The lowest BCUT2D eigenvalue weighted by atomic mass is 10.1. The van der Waals surface area contributed by atoms with Crippen LogP contribution in [0, 0.1) is 27.7 Å². The Morgan fingerprint density at radius 1 is 1.13 bits per heavy atom. The first-order valence-corrected chi connectivity index (χ1v) is 11.0. The summed E-state index contributed by atoms with van der Waals surface area (Å²) >= 11 is 2.66. The first-order valence-electron chi connectivity index (χ1n) is 9.23. The van der Waals surface area contributed by atoms with Crippen LogP contribution in [-0.2, 0) is 4.79 Å². The molecule has 0 aliphatic carbocycles. The molecule has 4 aromatic rings. The highest BCUT2D eigenvalue weighted by molar-refractivity contribution is 7.99. The number of anilines is 1. The number of amides is 1. The first-order chi connectivity index (χ1) is 14.4. The number of aromatic nitrogens is 5. The molecule has 8 nitrogen and oxygen atoms in total. The molecule has 30 heavy (non-hydrogen) atoms. The number of hydrogen-bond acceptors (Lipinski definition) is 8. The van der Waals surface area contributed by atoms with Crippen molar-refractivity contribution in [3.05, 3.63) is 52.4 Å². The van der Waals surface area contributed by atoms with Crippen LogP contribution in [-0.4, -0.2) is 36.6 Å². The van der Waals surface area contributed by atoms with Gasteiger partial charge in [-0.05, 0) is 51.0 Å². The van der Waals surface area contributed by atoms with Crippen LogP contribution in [0.3, 0.4) is 0 Å². The van der Waals surface area contributed by atoms with E-state index >= 15 is 0 Å². The number of nitrogens with zero attached hydrogens (tertiary/aromatic N) is 5. The molecule has 10 heteroatoms. The van der Waals surface area contributed by atoms with Gasteiger partial charge in [-0.2, -0.15) is 0 Å². The number of benzene rings is 1. The van der Waals surface area contributed by atoms with Crippen LogP contribution in [0.25, 0.3) is 17.1 Å². The van der Waals surface area contributed by atoms with Crippen molar-refractivity contribution in [1.82, 2.24) is 25.0 Å².